The summed E-state index contributed by atoms with van der Waals surface area (Å²) in [4.78, 5) is 11.3. The van der Waals surface area contributed by atoms with Gasteiger partial charge in [-0.05, 0) is 24.1 Å². The van der Waals surface area contributed by atoms with Gasteiger partial charge in [-0.1, -0.05) is 12.1 Å². The molecule has 1 aromatic rings. The average molecular weight is 209 g/mol. The highest BCUT2D eigenvalue weighted by molar-refractivity contribution is 5.72. The SMILES string of the molecule is COC(=O)C(CN)Cc1cccc(O)c1. The van der Waals surface area contributed by atoms with E-state index in [9.17, 15) is 9.90 Å². The third-order valence-electron chi connectivity index (χ3n) is 2.21. The van der Waals surface area contributed by atoms with E-state index < -0.39 is 0 Å². The van der Waals surface area contributed by atoms with Crippen LogP contribution in [0.2, 0.25) is 0 Å². The number of carbonyl (C=O) groups is 1. The molecule has 0 aliphatic carbocycles. The van der Waals surface area contributed by atoms with Crippen LogP contribution < -0.4 is 5.73 Å². The van der Waals surface area contributed by atoms with Crippen molar-refractivity contribution >= 4 is 5.97 Å². The smallest absolute Gasteiger partial charge is 0.310 e. The van der Waals surface area contributed by atoms with Gasteiger partial charge in [0.15, 0.2) is 0 Å². The summed E-state index contributed by atoms with van der Waals surface area (Å²) in [6.45, 7) is 0.238. The molecular formula is C11H15NO3. The van der Waals surface area contributed by atoms with Crippen molar-refractivity contribution in [3.05, 3.63) is 29.8 Å². The Morgan fingerprint density at radius 2 is 2.33 bits per heavy atom. The first-order chi connectivity index (χ1) is 7.17. The first kappa shape index (κ1) is 11.5. The van der Waals surface area contributed by atoms with E-state index in [-0.39, 0.29) is 24.2 Å². The molecule has 0 aliphatic rings. The number of rotatable bonds is 4. The van der Waals surface area contributed by atoms with Gasteiger partial charge in [-0.3, -0.25) is 4.79 Å². The number of phenols is 1. The number of hydrogen-bond acceptors (Lipinski definition) is 4. The lowest BCUT2D eigenvalue weighted by Crippen LogP contribution is -2.26. The highest BCUT2D eigenvalue weighted by Gasteiger charge is 2.17. The Kier molecular flexibility index (Phi) is 4.12. The highest BCUT2D eigenvalue weighted by Crippen LogP contribution is 2.15. The monoisotopic (exact) mass is 209 g/mol. The highest BCUT2D eigenvalue weighted by atomic mass is 16.5. The molecule has 3 N–H and O–H groups in total. The number of methoxy groups -OCH3 is 1. The average Bonchev–Trinajstić information content (AvgIpc) is 2.25. The second kappa shape index (κ2) is 5.36. The number of esters is 1. The first-order valence-electron chi connectivity index (χ1n) is 4.73. The molecule has 0 aromatic heterocycles. The van der Waals surface area contributed by atoms with Crippen LogP contribution in [0.1, 0.15) is 5.56 Å². The van der Waals surface area contributed by atoms with Gasteiger partial charge in [-0.15, -0.1) is 0 Å². The zero-order valence-corrected chi connectivity index (χ0v) is 8.64. The second-order valence-corrected chi connectivity index (χ2v) is 3.33. The quantitative estimate of drug-likeness (QED) is 0.715. The number of aromatic hydroxyl groups is 1. The Hall–Kier alpha value is -1.55. The number of carbonyl (C=O) groups excluding carboxylic acids is 1. The van der Waals surface area contributed by atoms with E-state index in [2.05, 4.69) is 4.74 Å². The van der Waals surface area contributed by atoms with Crippen LogP contribution in [0.5, 0.6) is 5.75 Å². The van der Waals surface area contributed by atoms with Gasteiger partial charge in [0.1, 0.15) is 5.75 Å². The van der Waals surface area contributed by atoms with Crippen molar-refractivity contribution in [1.82, 2.24) is 0 Å². The van der Waals surface area contributed by atoms with E-state index in [1.807, 2.05) is 6.07 Å². The second-order valence-electron chi connectivity index (χ2n) is 3.33. The molecule has 0 saturated carbocycles. The Bertz CT molecular complexity index is 338. The minimum absolute atomic E-state index is 0.188. The van der Waals surface area contributed by atoms with Crippen molar-refractivity contribution in [3.8, 4) is 5.75 Å². The lowest BCUT2D eigenvalue weighted by Gasteiger charge is -2.12. The van der Waals surface area contributed by atoms with Gasteiger partial charge in [0.2, 0.25) is 0 Å². The summed E-state index contributed by atoms with van der Waals surface area (Å²) in [5.41, 5.74) is 6.34. The summed E-state index contributed by atoms with van der Waals surface area (Å²) in [7, 11) is 1.34. The van der Waals surface area contributed by atoms with E-state index >= 15 is 0 Å². The zero-order chi connectivity index (χ0) is 11.3. The van der Waals surface area contributed by atoms with Crippen molar-refractivity contribution < 1.29 is 14.6 Å². The molecule has 0 bridgehead atoms. The van der Waals surface area contributed by atoms with E-state index in [1.54, 1.807) is 18.2 Å². The lowest BCUT2D eigenvalue weighted by atomic mass is 9.99. The summed E-state index contributed by atoms with van der Waals surface area (Å²) in [6, 6.07) is 6.77. The lowest BCUT2D eigenvalue weighted by molar-refractivity contribution is -0.145. The molecule has 1 rings (SSSR count). The summed E-state index contributed by atoms with van der Waals surface area (Å²) in [5.74, 6) is -0.481. The largest absolute Gasteiger partial charge is 0.508 e. The van der Waals surface area contributed by atoms with Gasteiger partial charge in [-0.25, -0.2) is 0 Å². The molecule has 4 heteroatoms. The fraction of sp³-hybridized carbons (Fsp3) is 0.364. The van der Waals surface area contributed by atoms with Crippen molar-refractivity contribution in [3.63, 3.8) is 0 Å². The molecule has 1 atom stereocenters. The number of phenolic OH excluding ortho intramolecular Hbond substituents is 1. The Balaban J connectivity index is 2.70. The third-order valence-corrected chi connectivity index (χ3v) is 2.21. The summed E-state index contributed by atoms with van der Waals surface area (Å²) in [6.07, 6.45) is 0.484. The van der Waals surface area contributed by atoms with Crippen LogP contribution in [0.15, 0.2) is 24.3 Å². The van der Waals surface area contributed by atoms with Crippen LogP contribution in [-0.2, 0) is 16.0 Å². The summed E-state index contributed by atoms with van der Waals surface area (Å²) >= 11 is 0. The minimum Gasteiger partial charge on any atom is -0.508 e. The number of hydrogen-bond donors (Lipinski definition) is 2. The van der Waals surface area contributed by atoms with Crippen LogP contribution in [0.3, 0.4) is 0 Å². The molecule has 0 fully saturated rings. The molecule has 1 aromatic carbocycles. The van der Waals surface area contributed by atoms with Crippen molar-refractivity contribution in [2.45, 2.75) is 6.42 Å². The molecule has 0 radical (unpaired) electrons. The molecule has 0 amide bonds. The summed E-state index contributed by atoms with van der Waals surface area (Å²) < 4.78 is 4.62. The van der Waals surface area contributed by atoms with Gasteiger partial charge in [0.05, 0.1) is 13.0 Å². The molecule has 0 saturated heterocycles. The van der Waals surface area contributed by atoms with E-state index in [1.165, 1.54) is 7.11 Å². The van der Waals surface area contributed by atoms with Crippen LogP contribution in [0.4, 0.5) is 0 Å². The number of nitrogens with two attached hydrogens (primary N) is 1. The molecule has 0 heterocycles. The van der Waals surface area contributed by atoms with Crippen LogP contribution in [0, 0.1) is 5.92 Å². The maximum atomic E-state index is 11.3. The molecule has 0 spiro atoms. The minimum atomic E-state index is -0.350. The van der Waals surface area contributed by atoms with E-state index in [4.69, 9.17) is 5.73 Å². The summed E-state index contributed by atoms with van der Waals surface area (Å²) in [5, 5.41) is 9.25. The third kappa shape index (κ3) is 3.25. The fourth-order valence-corrected chi connectivity index (χ4v) is 1.40. The molecular weight excluding hydrogens is 194 g/mol. The Morgan fingerprint density at radius 3 is 2.87 bits per heavy atom. The van der Waals surface area contributed by atoms with E-state index in [0.29, 0.717) is 6.42 Å². The van der Waals surface area contributed by atoms with Gasteiger partial charge in [0.25, 0.3) is 0 Å². The van der Waals surface area contributed by atoms with Crippen LogP contribution in [0.25, 0.3) is 0 Å². The normalized spacial score (nSPS) is 12.1. The van der Waals surface area contributed by atoms with Crippen LogP contribution >= 0.6 is 0 Å². The zero-order valence-electron chi connectivity index (χ0n) is 8.64. The molecule has 0 aliphatic heterocycles. The van der Waals surface area contributed by atoms with Crippen molar-refractivity contribution in [1.29, 1.82) is 0 Å². The fourth-order valence-electron chi connectivity index (χ4n) is 1.40. The molecule has 15 heavy (non-hydrogen) atoms. The first-order valence-corrected chi connectivity index (χ1v) is 4.73. The maximum Gasteiger partial charge on any atom is 0.310 e. The van der Waals surface area contributed by atoms with Gasteiger partial charge in [-0.2, -0.15) is 0 Å². The Labute approximate surface area is 88.7 Å². The van der Waals surface area contributed by atoms with Gasteiger partial charge in [0, 0.05) is 6.54 Å². The molecule has 1 unspecified atom stereocenters. The van der Waals surface area contributed by atoms with Crippen molar-refractivity contribution in [2.75, 3.05) is 13.7 Å². The molecule has 4 nitrogen and oxygen atoms in total. The number of ether oxygens (including phenoxy) is 1. The van der Waals surface area contributed by atoms with Gasteiger partial charge < -0.3 is 15.6 Å². The predicted molar refractivity (Wildman–Crippen MR) is 56.4 cm³/mol. The number of benzene rings is 1. The topological polar surface area (TPSA) is 72.5 Å². The van der Waals surface area contributed by atoms with Gasteiger partial charge >= 0.3 is 5.97 Å². The molecule has 82 valence electrons. The van der Waals surface area contributed by atoms with E-state index in [0.717, 1.165) is 5.56 Å². The van der Waals surface area contributed by atoms with Crippen molar-refractivity contribution in [2.24, 2.45) is 11.7 Å². The standard InChI is InChI=1S/C11H15NO3/c1-15-11(14)9(7-12)5-8-3-2-4-10(13)6-8/h2-4,6,9,13H,5,7,12H2,1H3. The maximum absolute atomic E-state index is 11.3. The van der Waals surface area contributed by atoms with Crippen LogP contribution in [-0.4, -0.2) is 24.7 Å². The predicted octanol–water partition coefficient (Wildman–Crippen LogP) is 0.683. The Morgan fingerprint density at radius 1 is 1.60 bits per heavy atom.